The maximum atomic E-state index is 13.7. The minimum Gasteiger partial charge on any atom is -0.493 e. The molecule has 0 N–H and O–H groups in total. The van der Waals surface area contributed by atoms with Crippen molar-refractivity contribution in [3.05, 3.63) is 44.6 Å². The number of Topliss-reactive ketones (excluding diaryl/α,β-unsaturated/α-hetero) is 1. The first-order valence-electron chi connectivity index (χ1n) is 11.5. The Hall–Kier alpha value is -2.32. The lowest BCUT2D eigenvalue weighted by Crippen LogP contribution is -2.27. The summed E-state index contributed by atoms with van der Waals surface area (Å²) in [5, 5.41) is 1.36. The molecular weight excluding hydrogens is 456 g/mol. The molecule has 6 nitrogen and oxygen atoms in total. The van der Waals surface area contributed by atoms with Gasteiger partial charge in [0.1, 0.15) is 10.6 Å². The summed E-state index contributed by atoms with van der Waals surface area (Å²) in [6, 6.07) is 5.84. The highest BCUT2D eigenvalue weighted by molar-refractivity contribution is 8.00. The van der Waals surface area contributed by atoms with E-state index in [0.717, 1.165) is 54.3 Å². The monoisotopic (exact) mass is 484 g/mol. The SMILES string of the molecule is COc1ccc(CCn2c(SC3CCCCC3=O)nc3sc4c(c3c2=O)CCC4)cc1OC. The molecule has 0 spiro atoms. The van der Waals surface area contributed by atoms with Gasteiger partial charge in [-0.3, -0.25) is 14.2 Å². The van der Waals surface area contributed by atoms with Crippen LogP contribution < -0.4 is 15.0 Å². The third-order valence-corrected chi connectivity index (χ3v) is 9.10. The first kappa shape index (κ1) is 22.5. The largest absolute Gasteiger partial charge is 0.493 e. The van der Waals surface area contributed by atoms with Crippen LogP contribution in [0.1, 0.15) is 48.1 Å². The van der Waals surface area contributed by atoms with Crippen LogP contribution in [0.25, 0.3) is 10.2 Å². The molecule has 0 bridgehead atoms. The molecule has 2 heterocycles. The minimum atomic E-state index is -0.109. The molecule has 1 fully saturated rings. The Morgan fingerprint density at radius 3 is 2.73 bits per heavy atom. The molecule has 0 saturated heterocycles. The van der Waals surface area contributed by atoms with Gasteiger partial charge in [0.2, 0.25) is 0 Å². The number of aromatic nitrogens is 2. The molecular formula is C25H28N2O4S2. The number of rotatable bonds is 7. The number of ether oxygens (including phenoxy) is 2. The first-order chi connectivity index (χ1) is 16.1. The molecule has 3 aromatic rings. The zero-order chi connectivity index (χ0) is 22.9. The molecule has 2 aliphatic carbocycles. The van der Waals surface area contributed by atoms with Crippen molar-refractivity contribution >= 4 is 39.1 Å². The molecule has 174 valence electrons. The van der Waals surface area contributed by atoms with Crippen LogP contribution in [0.2, 0.25) is 0 Å². The molecule has 0 aliphatic heterocycles. The van der Waals surface area contributed by atoms with Gasteiger partial charge < -0.3 is 9.47 Å². The van der Waals surface area contributed by atoms with Crippen LogP contribution in [-0.4, -0.2) is 34.8 Å². The Bertz CT molecular complexity index is 1260. The molecule has 2 aromatic heterocycles. The van der Waals surface area contributed by atoms with Gasteiger partial charge in [0.25, 0.3) is 5.56 Å². The van der Waals surface area contributed by atoms with Gasteiger partial charge in [0, 0.05) is 17.8 Å². The number of methoxy groups -OCH3 is 2. The molecule has 2 aliphatic rings. The van der Waals surface area contributed by atoms with Gasteiger partial charge in [-0.05, 0) is 61.8 Å². The topological polar surface area (TPSA) is 70.4 Å². The van der Waals surface area contributed by atoms with Crippen LogP contribution in [0.4, 0.5) is 0 Å². The summed E-state index contributed by atoms with van der Waals surface area (Å²) in [4.78, 5) is 33.3. The average Bonchev–Trinajstić information content (AvgIpc) is 3.41. The summed E-state index contributed by atoms with van der Waals surface area (Å²) in [5.74, 6) is 1.64. The molecule has 8 heteroatoms. The molecule has 1 atom stereocenters. The van der Waals surface area contributed by atoms with E-state index >= 15 is 0 Å². The van der Waals surface area contributed by atoms with E-state index in [4.69, 9.17) is 14.5 Å². The number of hydrogen-bond donors (Lipinski definition) is 0. The Balaban J connectivity index is 1.51. The van der Waals surface area contributed by atoms with Crippen molar-refractivity contribution in [2.24, 2.45) is 0 Å². The zero-order valence-electron chi connectivity index (χ0n) is 19.0. The number of fused-ring (bicyclic) bond motifs is 3. The predicted octanol–water partition coefficient (Wildman–Crippen LogP) is 4.81. The number of thioether (sulfide) groups is 1. The van der Waals surface area contributed by atoms with Gasteiger partial charge in [-0.2, -0.15) is 0 Å². The molecule has 5 rings (SSSR count). The van der Waals surface area contributed by atoms with Gasteiger partial charge in [-0.25, -0.2) is 4.98 Å². The Kier molecular flexibility index (Phi) is 6.47. The predicted molar refractivity (Wildman–Crippen MR) is 132 cm³/mol. The van der Waals surface area contributed by atoms with Crippen LogP contribution in [-0.2, 0) is 30.6 Å². The maximum absolute atomic E-state index is 13.7. The summed E-state index contributed by atoms with van der Waals surface area (Å²) in [6.45, 7) is 0.505. The van der Waals surface area contributed by atoms with Crippen molar-refractivity contribution in [3.8, 4) is 11.5 Å². The number of carbonyl (C=O) groups is 1. The normalized spacial score (nSPS) is 18.0. The van der Waals surface area contributed by atoms with Crippen molar-refractivity contribution in [3.63, 3.8) is 0 Å². The Morgan fingerprint density at radius 2 is 1.94 bits per heavy atom. The Labute approximate surface area is 201 Å². The van der Waals surface area contributed by atoms with Gasteiger partial charge in [0.15, 0.2) is 16.7 Å². The number of nitrogens with zero attached hydrogens (tertiary/aromatic N) is 2. The summed E-state index contributed by atoms with van der Waals surface area (Å²) in [7, 11) is 3.24. The third kappa shape index (κ3) is 4.30. The van der Waals surface area contributed by atoms with E-state index in [0.29, 0.717) is 36.0 Å². The maximum Gasteiger partial charge on any atom is 0.263 e. The summed E-state index contributed by atoms with van der Waals surface area (Å²) < 4.78 is 12.6. The second-order valence-electron chi connectivity index (χ2n) is 8.65. The van der Waals surface area contributed by atoms with E-state index in [-0.39, 0.29) is 16.6 Å². The number of aryl methyl sites for hydroxylation is 3. The number of thiophene rings is 1. The summed E-state index contributed by atoms with van der Waals surface area (Å²) in [5.41, 5.74) is 2.28. The molecule has 33 heavy (non-hydrogen) atoms. The second-order valence-corrected chi connectivity index (χ2v) is 10.9. The van der Waals surface area contributed by atoms with Crippen LogP contribution in [0.3, 0.4) is 0 Å². The quantitative estimate of drug-likeness (QED) is 0.448. The number of hydrogen-bond acceptors (Lipinski definition) is 7. The van der Waals surface area contributed by atoms with E-state index < -0.39 is 0 Å². The van der Waals surface area contributed by atoms with Crippen LogP contribution >= 0.6 is 23.1 Å². The highest BCUT2D eigenvalue weighted by atomic mass is 32.2. The summed E-state index contributed by atoms with van der Waals surface area (Å²) in [6.07, 6.45) is 7.25. The number of carbonyl (C=O) groups excluding carboxylic acids is 1. The molecule has 1 aromatic carbocycles. The van der Waals surface area contributed by atoms with Gasteiger partial charge in [0.05, 0.1) is 24.9 Å². The molecule has 1 unspecified atom stereocenters. The minimum absolute atomic E-state index is 0.0330. The van der Waals surface area contributed by atoms with Crippen LogP contribution in [0, 0.1) is 0 Å². The van der Waals surface area contributed by atoms with Crippen molar-refractivity contribution < 1.29 is 14.3 Å². The highest BCUT2D eigenvalue weighted by Crippen LogP contribution is 2.37. The van der Waals surface area contributed by atoms with Crippen molar-refractivity contribution in [1.82, 2.24) is 9.55 Å². The molecule has 0 amide bonds. The van der Waals surface area contributed by atoms with E-state index in [9.17, 15) is 9.59 Å². The number of ketones is 1. The molecule has 1 saturated carbocycles. The standard InChI is InChI=1S/C25H28N2O4S2/c1-30-18-11-10-15(14-19(18)31-2)12-13-27-24(29)22-16-6-5-9-20(16)32-23(22)26-25(27)33-21-8-4-3-7-17(21)28/h10-11,14,21H,3-9,12-13H2,1-2H3. The highest BCUT2D eigenvalue weighted by Gasteiger charge is 2.28. The zero-order valence-corrected chi connectivity index (χ0v) is 20.7. The fourth-order valence-electron chi connectivity index (χ4n) is 4.83. The van der Waals surface area contributed by atoms with Crippen LogP contribution in [0.5, 0.6) is 11.5 Å². The molecule has 0 radical (unpaired) electrons. The van der Waals surface area contributed by atoms with Gasteiger partial charge >= 0.3 is 0 Å². The van der Waals surface area contributed by atoms with Crippen LogP contribution in [0.15, 0.2) is 28.2 Å². The van der Waals surface area contributed by atoms with E-state index in [1.165, 1.54) is 22.2 Å². The summed E-state index contributed by atoms with van der Waals surface area (Å²) >= 11 is 3.14. The lowest BCUT2D eigenvalue weighted by molar-refractivity contribution is -0.119. The van der Waals surface area contributed by atoms with Gasteiger partial charge in [-0.1, -0.05) is 24.2 Å². The Morgan fingerprint density at radius 1 is 1.09 bits per heavy atom. The fraction of sp³-hybridized carbons (Fsp3) is 0.480. The lowest BCUT2D eigenvalue weighted by Gasteiger charge is -2.21. The van der Waals surface area contributed by atoms with E-state index in [1.54, 1.807) is 30.1 Å². The van der Waals surface area contributed by atoms with Crippen molar-refractivity contribution in [1.29, 1.82) is 0 Å². The smallest absolute Gasteiger partial charge is 0.263 e. The van der Waals surface area contributed by atoms with Crippen molar-refractivity contribution in [2.75, 3.05) is 14.2 Å². The third-order valence-electron chi connectivity index (χ3n) is 6.61. The van der Waals surface area contributed by atoms with Crippen molar-refractivity contribution in [2.45, 2.75) is 68.3 Å². The second kappa shape index (κ2) is 9.50. The average molecular weight is 485 g/mol. The number of benzene rings is 1. The first-order valence-corrected chi connectivity index (χ1v) is 13.2. The van der Waals surface area contributed by atoms with E-state index in [2.05, 4.69) is 0 Å². The fourth-order valence-corrected chi connectivity index (χ4v) is 7.37. The lowest BCUT2D eigenvalue weighted by atomic mass is 9.99. The van der Waals surface area contributed by atoms with Gasteiger partial charge in [-0.15, -0.1) is 11.3 Å². The van der Waals surface area contributed by atoms with E-state index in [1.807, 2.05) is 18.2 Å².